The van der Waals surface area contributed by atoms with E-state index in [-0.39, 0.29) is 36.9 Å². The zero-order chi connectivity index (χ0) is 23.7. The van der Waals surface area contributed by atoms with Crippen LogP contribution in [0.1, 0.15) is 49.1 Å². The van der Waals surface area contributed by atoms with E-state index in [1.54, 1.807) is 4.90 Å². The summed E-state index contributed by atoms with van der Waals surface area (Å²) in [6.45, 7) is 1.07. The molecule has 2 fully saturated rings. The van der Waals surface area contributed by atoms with Gasteiger partial charge in [-0.15, -0.1) is 0 Å². The average molecular weight is 463 g/mol. The van der Waals surface area contributed by atoms with E-state index in [2.05, 4.69) is 29.6 Å². The maximum Gasteiger partial charge on any atom is 0.407 e. The van der Waals surface area contributed by atoms with Gasteiger partial charge in [-0.1, -0.05) is 55.0 Å². The summed E-state index contributed by atoms with van der Waals surface area (Å²) in [6.07, 6.45) is 3.05. The van der Waals surface area contributed by atoms with Gasteiger partial charge in [0.2, 0.25) is 5.91 Å². The van der Waals surface area contributed by atoms with Crippen LogP contribution in [0.5, 0.6) is 0 Å². The number of hydrogen-bond acceptors (Lipinski definition) is 4. The van der Waals surface area contributed by atoms with E-state index < -0.39 is 18.0 Å². The molecule has 0 unspecified atom stereocenters. The first-order chi connectivity index (χ1) is 16.5. The number of rotatable bonds is 5. The second kappa shape index (κ2) is 9.49. The molecule has 3 atom stereocenters. The highest BCUT2D eigenvalue weighted by atomic mass is 16.5. The molecule has 2 N–H and O–H groups in total. The van der Waals surface area contributed by atoms with Crippen LogP contribution in [0.15, 0.2) is 48.5 Å². The molecule has 1 aliphatic heterocycles. The largest absolute Gasteiger partial charge is 0.481 e. The number of hydrogen-bond donors (Lipinski definition) is 2. The monoisotopic (exact) mass is 462 g/mol. The van der Waals surface area contributed by atoms with Crippen LogP contribution in [0.4, 0.5) is 4.79 Å². The maximum absolute atomic E-state index is 13.1. The lowest BCUT2D eigenvalue weighted by Gasteiger charge is -2.34. The number of carbonyl (C=O) groups is 3. The van der Waals surface area contributed by atoms with Gasteiger partial charge in [-0.25, -0.2) is 4.79 Å². The van der Waals surface area contributed by atoms with Crippen molar-refractivity contribution < 1.29 is 24.2 Å². The molecule has 3 aliphatic rings. The second-order valence-electron chi connectivity index (χ2n) is 9.58. The summed E-state index contributed by atoms with van der Waals surface area (Å²) in [6, 6.07) is 16.1. The molecule has 5 rings (SSSR count). The second-order valence-corrected chi connectivity index (χ2v) is 9.58. The lowest BCUT2D eigenvalue weighted by atomic mass is 9.95. The van der Waals surface area contributed by atoms with Crippen LogP contribution in [0, 0.1) is 11.8 Å². The Morgan fingerprint density at radius 2 is 1.62 bits per heavy atom. The summed E-state index contributed by atoms with van der Waals surface area (Å²) < 4.78 is 5.67. The first-order valence-electron chi connectivity index (χ1n) is 12.2. The van der Waals surface area contributed by atoms with Gasteiger partial charge < -0.3 is 20.1 Å². The molecule has 2 aromatic carbocycles. The Bertz CT molecular complexity index is 1050. The topological polar surface area (TPSA) is 95.9 Å². The summed E-state index contributed by atoms with van der Waals surface area (Å²) in [7, 11) is 0. The number of likely N-dealkylation sites (tertiary alicyclic amines) is 1. The van der Waals surface area contributed by atoms with Crippen molar-refractivity contribution in [1.82, 2.24) is 10.2 Å². The quantitative estimate of drug-likeness (QED) is 0.700. The number of alkyl carbamates (subject to hydrolysis) is 1. The third-order valence-corrected chi connectivity index (χ3v) is 7.56. The van der Waals surface area contributed by atoms with E-state index in [0.717, 1.165) is 24.0 Å². The van der Waals surface area contributed by atoms with Gasteiger partial charge in [-0.2, -0.15) is 0 Å². The molecule has 34 heavy (non-hydrogen) atoms. The third kappa shape index (κ3) is 4.27. The SMILES string of the molecule is O=C(N[C@@H]1CCC[C@@H]1C(=O)N1CCC[C@@H](C(=O)O)C1)OCC1c2ccccc2-c2ccccc21. The standard InChI is InChI=1S/C27H30N2O5/c30-25(29-14-6-7-17(15-29)26(31)32)22-12-5-13-24(22)28-27(33)34-16-23-20-10-3-1-8-18(20)19-9-2-4-11-21(19)23/h1-4,8-11,17,22-24H,5-7,12-16H2,(H,28,33)(H,31,32)/t17-,22+,24-/m1/s1. The van der Waals surface area contributed by atoms with E-state index >= 15 is 0 Å². The minimum atomic E-state index is -0.850. The predicted molar refractivity (Wildman–Crippen MR) is 126 cm³/mol. The van der Waals surface area contributed by atoms with Crippen LogP contribution in [-0.4, -0.2) is 53.7 Å². The van der Waals surface area contributed by atoms with Gasteiger partial charge in [0.05, 0.1) is 11.8 Å². The molecule has 178 valence electrons. The minimum absolute atomic E-state index is 0.0135. The number of carboxylic acid groups (broad SMARTS) is 1. The molecular weight excluding hydrogens is 432 g/mol. The molecule has 7 nitrogen and oxygen atoms in total. The van der Waals surface area contributed by atoms with E-state index in [0.29, 0.717) is 25.8 Å². The van der Waals surface area contributed by atoms with Gasteiger partial charge in [0, 0.05) is 25.0 Å². The fourth-order valence-corrected chi connectivity index (χ4v) is 5.83. The number of fused-ring (bicyclic) bond motifs is 3. The number of amides is 2. The van der Waals surface area contributed by atoms with E-state index in [9.17, 15) is 19.5 Å². The molecule has 2 aromatic rings. The van der Waals surface area contributed by atoms with Crippen molar-refractivity contribution in [1.29, 1.82) is 0 Å². The Hall–Kier alpha value is -3.35. The Labute approximate surface area is 199 Å². The number of carbonyl (C=O) groups excluding carboxylic acids is 2. The molecule has 0 spiro atoms. The van der Waals surface area contributed by atoms with E-state index in [1.165, 1.54) is 11.1 Å². The molecule has 0 radical (unpaired) electrons. The number of nitrogens with zero attached hydrogens (tertiary/aromatic N) is 1. The summed E-state index contributed by atoms with van der Waals surface area (Å²) in [5, 5.41) is 12.3. The number of benzene rings is 2. The third-order valence-electron chi connectivity index (χ3n) is 7.56. The van der Waals surface area contributed by atoms with Crippen LogP contribution in [-0.2, 0) is 14.3 Å². The smallest absolute Gasteiger partial charge is 0.407 e. The van der Waals surface area contributed by atoms with E-state index in [4.69, 9.17) is 4.74 Å². The minimum Gasteiger partial charge on any atom is -0.481 e. The Balaban J connectivity index is 1.20. The molecular formula is C27H30N2O5. The van der Waals surface area contributed by atoms with Crippen LogP contribution < -0.4 is 5.32 Å². The van der Waals surface area contributed by atoms with E-state index in [1.807, 2.05) is 24.3 Å². The van der Waals surface area contributed by atoms with Crippen molar-refractivity contribution in [3.05, 3.63) is 59.7 Å². The van der Waals surface area contributed by atoms with Crippen molar-refractivity contribution >= 4 is 18.0 Å². The zero-order valence-electron chi connectivity index (χ0n) is 19.1. The van der Waals surface area contributed by atoms with Crippen molar-refractivity contribution in [2.24, 2.45) is 11.8 Å². The number of carboxylic acids is 1. The van der Waals surface area contributed by atoms with Crippen LogP contribution >= 0.6 is 0 Å². The molecule has 7 heteroatoms. The fourth-order valence-electron chi connectivity index (χ4n) is 5.83. The molecule has 1 saturated heterocycles. The predicted octanol–water partition coefficient (Wildman–Crippen LogP) is 4.02. The number of ether oxygens (including phenoxy) is 1. The lowest BCUT2D eigenvalue weighted by Crippen LogP contribution is -2.49. The van der Waals surface area contributed by atoms with Gasteiger partial charge >= 0.3 is 12.1 Å². The fraction of sp³-hybridized carbons (Fsp3) is 0.444. The molecule has 2 aliphatic carbocycles. The average Bonchev–Trinajstić information content (AvgIpc) is 3.44. The Morgan fingerprint density at radius 3 is 2.29 bits per heavy atom. The van der Waals surface area contributed by atoms with Crippen molar-refractivity contribution in [2.45, 2.75) is 44.1 Å². The lowest BCUT2D eigenvalue weighted by molar-refractivity contribution is -0.146. The van der Waals surface area contributed by atoms with Crippen LogP contribution in [0.2, 0.25) is 0 Å². The number of aliphatic carboxylic acids is 1. The normalized spacial score (nSPS) is 23.8. The highest BCUT2D eigenvalue weighted by Gasteiger charge is 2.39. The Kier molecular flexibility index (Phi) is 6.26. The van der Waals surface area contributed by atoms with Crippen LogP contribution in [0.25, 0.3) is 11.1 Å². The Morgan fingerprint density at radius 1 is 0.941 bits per heavy atom. The molecule has 0 bridgehead atoms. The van der Waals surface area contributed by atoms with Crippen molar-refractivity contribution in [2.75, 3.05) is 19.7 Å². The van der Waals surface area contributed by atoms with Gasteiger partial charge in [-0.3, -0.25) is 9.59 Å². The van der Waals surface area contributed by atoms with Crippen molar-refractivity contribution in [3.63, 3.8) is 0 Å². The number of nitrogens with one attached hydrogen (secondary N) is 1. The summed E-state index contributed by atoms with van der Waals surface area (Å²) in [5.74, 6) is -1.74. The van der Waals surface area contributed by atoms with Crippen LogP contribution in [0.3, 0.4) is 0 Å². The summed E-state index contributed by atoms with van der Waals surface area (Å²) in [5.41, 5.74) is 4.66. The molecule has 1 heterocycles. The van der Waals surface area contributed by atoms with Gasteiger partial charge in [-0.05, 0) is 47.9 Å². The highest BCUT2D eigenvalue weighted by Crippen LogP contribution is 2.44. The first kappa shape index (κ1) is 22.4. The molecule has 2 amide bonds. The van der Waals surface area contributed by atoms with Gasteiger partial charge in [0.1, 0.15) is 6.61 Å². The summed E-state index contributed by atoms with van der Waals surface area (Å²) in [4.78, 5) is 38.9. The molecule has 1 saturated carbocycles. The summed E-state index contributed by atoms with van der Waals surface area (Å²) >= 11 is 0. The molecule has 0 aromatic heterocycles. The highest BCUT2D eigenvalue weighted by molar-refractivity contribution is 5.82. The van der Waals surface area contributed by atoms with Crippen molar-refractivity contribution in [3.8, 4) is 11.1 Å². The first-order valence-corrected chi connectivity index (χ1v) is 12.2. The zero-order valence-corrected chi connectivity index (χ0v) is 19.1. The van der Waals surface area contributed by atoms with Gasteiger partial charge in [0.15, 0.2) is 0 Å². The maximum atomic E-state index is 13.1. The van der Waals surface area contributed by atoms with Gasteiger partial charge in [0.25, 0.3) is 0 Å². The number of piperidine rings is 1.